The van der Waals surface area contributed by atoms with E-state index in [1.165, 1.54) is 6.07 Å². The summed E-state index contributed by atoms with van der Waals surface area (Å²) in [5, 5.41) is 1.03. The summed E-state index contributed by atoms with van der Waals surface area (Å²) in [5.41, 5.74) is 0.926. The highest BCUT2D eigenvalue weighted by Gasteiger charge is 2.22. The summed E-state index contributed by atoms with van der Waals surface area (Å²) in [6, 6.07) is 4.52. The molecule has 0 aromatic heterocycles. The molecule has 1 aromatic carbocycles. The van der Waals surface area contributed by atoms with Gasteiger partial charge in [-0.15, -0.1) is 0 Å². The van der Waals surface area contributed by atoms with Crippen molar-refractivity contribution in [3.63, 3.8) is 0 Å². The van der Waals surface area contributed by atoms with Crippen LogP contribution in [0.15, 0.2) is 18.2 Å². The summed E-state index contributed by atoms with van der Waals surface area (Å²) in [5.74, 6) is -0.336. The number of carbonyl (C=O) groups is 1. The van der Waals surface area contributed by atoms with Gasteiger partial charge in [-0.1, -0.05) is 6.07 Å². The van der Waals surface area contributed by atoms with Crippen LogP contribution < -0.4 is 5.06 Å². The molecule has 0 radical (unpaired) electrons. The number of nitrogens with zero attached hydrogens (tertiary/aromatic N) is 1. The summed E-state index contributed by atoms with van der Waals surface area (Å²) in [7, 11) is 0. The fourth-order valence-corrected chi connectivity index (χ4v) is 1.19. The summed E-state index contributed by atoms with van der Waals surface area (Å²) in [4.78, 5) is 15.2. The van der Waals surface area contributed by atoms with E-state index in [0.29, 0.717) is 17.7 Å². The lowest BCUT2D eigenvalue weighted by Crippen LogP contribution is -2.14. The monoisotopic (exact) mass is 167 g/mol. The van der Waals surface area contributed by atoms with Crippen LogP contribution in [0.25, 0.3) is 0 Å². The van der Waals surface area contributed by atoms with Crippen LogP contribution in [-0.4, -0.2) is 6.41 Å². The minimum Gasteiger partial charge on any atom is -0.276 e. The molecule has 0 fully saturated rings. The van der Waals surface area contributed by atoms with Crippen LogP contribution in [0.3, 0.4) is 0 Å². The number of hydrogen-bond acceptors (Lipinski definition) is 2. The van der Waals surface area contributed by atoms with Gasteiger partial charge in [-0.05, 0) is 12.1 Å². The van der Waals surface area contributed by atoms with Gasteiger partial charge in [0.2, 0.25) is 6.41 Å². The highest BCUT2D eigenvalue weighted by atomic mass is 19.1. The molecular formula is C8H6FNO2. The molecule has 3 nitrogen and oxygen atoms in total. The molecule has 1 aliphatic rings. The first-order valence-corrected chi connectivity index (χ1v) is 3.48. The lowest BCUT2D eigenvalue weighted by Gasteiger charge is -2.06. The van der Waals surface area contributed by atoms with Gasteiger partial charge in [-0.25, -0.2) is 4.39 Å². The van der Waals surface area contributed by atoms with Crippen molar-refractivity contribution in [2.45, 2.75) is 6.61 Å². The third-order valence-corrected chi connectivity index (χ3v) is 1.78. The number of anilines is 1. The SMILES string of the molecule is O=CN1OCc2c(F)cccc21. The van der Waals surface area contributed by atoms with E-state index in [0.717, 1.165) is 5.06 Å². The molecule has 0 spiro atoms. The minimum absolute atomic E-state index is 0.126. The molecule has 0 saturated carbocycles. The van der Waals surface area contributed by atoms with E-state index in [4.69, 9.17) is 4.84 Å². The number of rotatable bonds is 1. The molecular weight excluding hydrogens is 161 g/mol. The third-order valence-electron chi connectivity index (χ3n) is 1.78. The Kier molecular flexibility index (Phi) is 1.55. The van der Waals surface area contributed by atoms with Gasteiger partial charge < -0.3 is 0 Å². The second-order valence-corrected chi connectivity index (χ2v) is 2.44. The van der Waals surface area contributed by atoms with Crippen LogP contribution in [0.4, 0.5) is 10.1 Å². The first-order valence-electron chi connectivity index (χ1n) is 3.48. The Bertz CT molecular complexity index is 327. The molecule has 0 N–H and O–H groups in total. The molecule has 0 atom stereocenters. The largest absolute Gasteiger partial charge is 0.276 e. The molecule has 2 rings (SSSR count). The normalized spacial score (nSPS) is 14.6. The number of fused-ring (bicyclic) bond motifs is 1. The number of halogens is 1. The van der Waals surface area contributed by atoms with Crippen molar-refractivity contribution in [1.82, 2.24) is 0 Å². The van der Waals surface area contributed by atoms with Crippen LogP contribution in [0.5, 0.6) is 0 Å². The Balaban J connectivity index is 2.52. The van der Waals surface area contributed by atoms with Crippen molar-refractivity contribution in [3.05, 3.63) is 29.6 Å². The van der Waals surface area contributed by atoms with Crippen LogP contribution in [0.1, 0.15) is 5.56 Å². The van der Waals surface area contributed by atoms with Crippen molar-refractivity contribution in [2.75, 3.05) is 5.06 Å². The first-order chi connectivity index (χ1) is 5.83. The highest BCUT2D eigenvalue weighted by molar-refractivity contribution is 5.75. The lowest BCUT2D eigenvalue weighted by atomic mass is 10.2. The zero-order valence-corrected chi connectivity index (χ0v) is 6.16. The van der Waals surface area contributed by atoms with Gasteiger partial charge in [0.1, 0.15) is 12.4 Å². The van der Waals surface area contributed by atoms with Crippen molar-refractivity contribution in [2.24, 2.45) is 0 Å². The number of benzene rings is 1. The highest BCUT2D eigenvalue weighted by Crippen LogP contribution is 2.29. The second-order valence-electron chi connectivity index (χ2n) is 2.44. The summed E-state index contributed by atoms with van der Waals surface area (Å²) in [6.07, 6.45) is 0.519. The maximum absolute atomic E-state index is 13.0. The minimum atomic E-state index is -0.336. The molecule has 0 saturated heterocycles. The van der Waals surface area contributed by atoms with Crippen molar-refractivity contribution < 1.29 is 14.0 Å². The van der Waals surface area contributed by atoms with E-state index < -0.39 is 0 Å². The lowest BCUT2D eigenvalue weighted by molar-refractivity contribution is -0.113. The zero-order valence-electron chi connectivity index (χ0n) is 6.16. The fourth-order valence-electron chi connectivity index (χ4n) is 1.19. The Hall–Kier alpha value is -1.42. The van der Waals surface area contributed by atoms with E-state index >= 15 is 0 Å². The quantitative estimate of drug-likeness (QED) is 0.589. The number of carbonyl (C=O) groups excluding carboxylic acids is 1. The predicted molar refractivity (Wildman–Crippen MR) is 39.7 cm³/mol. The van der Waals surface area contributed by atoms with Crippen molar-refractivity contribution >= 4 is 12.1 Å². The Morgan fingerprint density at radius 3 is 3.17 bits per heavy atom. The van der Waals surface area contributed by atoms with Crippen LogP contribution >= 0.6 is 0 Å². The Morgan fingerprint density at radius 2 is 2.42 bits per heavy atom. The predicted octanol–water partition coefficient (Wildman–Crippen LogP) is 1.23. The average Bonchev–Trinajstić information content (AvgIpc) is 2.49. The van der Waals surface area contributed by atoms with Gasteiger partial charge in [-0.2, -0.15) is 5.06 Å². The molecule has 62 valence electrons. The van der Waals surface area contributed by atoms with E-state index in [-0.39, 0.29) is 12.4 Å². The number of hydrogen-bond donors (Lipinski definition) is 0. The molecule has 1 heterocycles. The Morgan fingerprint density at radius 1 is 1.58 bits per heavy atom. The average molecular weight is 167 g/mol. The van der Waals surface area contributed by atoms with Gasteiger partial charge >= 0.3 is 0 Å². The van der Waals surface area contributed by atoms with E-state index in [1.807, 2.05) is 0 Å². The molecule has 12 heavy (non-hydrogen) atoms. The first kappa shape index (κ1) is 7.24. The summed E-state index contributed by atoms with van der Waals surface area (Å²) < 4.78 is 13.0. The smallest absolute Gasteiger partial charge is 0.238 e. The molecule has 0 bridgehead atoms. The molecule has 0 aliphatic carbocycles. The van der Waals surface area contributed by atoms with E-state index in [9.17, 15) is 9.18 Å². The van der Waals surface area contributed by atoms with Gasteiger partial charge in [0.15, 0.2) is 0 Å². The summed E-state index contributed by atoms with van der Waals surface area (Å²) >= 11 is 0. The van der Waals surface area contributed by atoms with E-state index in [1.54, 1.807) is 12.1 Å². The van der Waals surface area contributed by atoms with Gasteiger partial charge in [0.05, 0.1) is 5.69 Å². The number of hydroxylamine groups is 1. The standard InChI is InChI=1S/C8H6FNO2/c9-7-2-1-3-8-6(7)4-12-10(8)5-11/h1-3,5H,4H2. The number of amides is 1. The van der Waals surface area contributed by atoms with Crippen molar-refractivity contribution in [1.29, 1.82) is 0 Å². The molecule has 1 aliphatic heterocycles. The van der Waals surface area contributed by atoms with Crippen LogP contribution in [0, 0.1) is 5.82 Å². The fraction of sp³-hybridized carbons (Fsp3) is 0.125. The molecule has 4 heteroatoms. The van der Waals surface area contributed by atoms with Crippen LogP contribution in [0.2, 0.25) is 0 Å². The van der Waals surface area contributed by atoms with E-state index in [2.05, 4.69) is 0 Å². The zero-order chi connectivity index (χ0) is 8.55. The maximum atomic E-state index is 13.0. The Labute approximate surface area is 68.3 Å². The van der Waals surface area contributed by atoms with Crippen molar-refractivity contribution in [3.8, 4) is 0 Å². The summed E-state index contributed by atoms with van der Waals surface area (Å²) in [6.45, 7) is 0.126. The van der Waals surface area contributed by atoms with Gasteiger partial charge in [0, 0.05) is 5.56 Å². The van der Waals surface area contributed by atoms with Gasteiger partial charge in [-0.3, -0.25) is 9.63 Å². The maximum Gasteiger partial charge on any atom is 0.238 e. The molecule has 1 amide bonds. The molecule has 0 unspecified atom stereocenters. The second kappa shape index (κ2) is 2.57. The molecule has 1 aromatic rings. The third kappa shape index (κ3) is 0.887. The van der Waals surface area contributed by atoms with Crippen LogP contribution in [-0.2, 0) is 16.2 Å². The topological polar surface area (TPSA) is 29.5 Å². The van der Waals surface area contributed by atoms with Gasteiger partial charge in [0.25, 0.3) is 0 Å².